The van der Waals surface area contributed by atoms with E-state index in [1.165, 1.54) is 18.2 Å². The van der Waals surface area contributed by atoms with Crippen LogP contribution < -0.4 is 0 Å². The Bertz CT molecular complexity index is 398. The van der Waals surface area contributed by atoms with Crippen LogP contribution in [0.2, 0.25) is 5.22 Å². The SMILES string of the molecule is Fc1ccc2noc(Cl)c2c1. The molecule has 0 radical (unpaired) electrons. The number of fused-ring (bicyclic) bond motifs is 1. The van der Waals surface area contributed by atoms with Gasteiger partial charge in [0.2, 0.25) is 5.22 Å². The van der Waals surface area contributed by atoms with E-state index in [0.717, 1.165) is 0 Å². The van der Waals surface area contributed by atoms with Crippen LogP contribution in [0.4, 0.5) is 4.39 Å². The monoisotopic (exact) mass is 171 g/mol. The third-order valence-corrected chi connectivity index (χ3v) is 1.67. The zero-order valence-electron chi connectivity index (χ0n) is 5.34. The van der Waals surface area contributed by atoms with Crippen molar-refractivity contribution in [1.29, 1.82) is 0 Å². The van der Waals surface area contributed by atoms with Gasteiger partial charge in [0.1, 0.15) is 11.3 Å². The number of halogens is 2. The van der Waals surface area contributed by atoms with Crippen molar-refractivity contribution in [3.05, 3.63) is 29.2 Å². The molecule has 0 saturated carbocycles. The zero-order chi connectivity index (χ0) is 7.84. The minimum Gasteiger partial charge on any atom is -0.343 e. The Hall–Kier alpha value is -1.09. The maximum absolute atomic E-state index is 12.6. The fourth-order valence-corrected chi connectivity index (χ4v) is 1.07. The molecule has 0 amide bonds. The summed E-state index contributed by atoms with van der Waals surface area (Å²) in [5.74, 6) is -0.345. The predicted octanol–water partition coefficient (Wildman–Crippen LogP) is 2.62. The summed E-state index contributed by atoms with van der Waals surface area (Å²) < 4.78 is 17.2. The Morgan fingerprint density at radius 1 is 1.45 bits per heavy atom. The van der Waals surface area contributed by atoms with Gasteiger partial charge >= 0.3 is 0 Å². The summed E-state index contributed by atoms with van der Waals surface area (Å²) >= 11 is 5.55. The first kappa shape index (κ1) is 6.61. The smallest absolute Gasteiger partial charge is 0.234 e. The highest BCUT2D eigenvalue weighted by Crippen LogP contribution is 2.22. The normalized spacial score (nSPS) is 10.7. The number of rotatable bonds is 0. The number of hydrogen-bond acceptors (Lipinski definition) is 2. The van der Waals surface area contributed by atoms with E-state index in [0.29, 0.717) is 10.9 Å². The molecule has 0 aliphatic carbocycles. The second kappa shape index (κ2) is 2.20. The van der Waals surface area contributed by atoms with Gasteiger partial charge in [-0.25, -0.2) is 4.39 Å². The highest BCUT2D eigenvalue weighted by atomic mass is 35.5. The van der Waals surface area contributed by atoms with Crippen LogP contribution >= 0.6 is 11.6 Å². The Labute approximate surface area is 66.5 Å². The summed E-state index contributed by atoms with van der Waals surface area (Å²) in [6.45, 7) is 0. The van der Waals surface area contributed by atoms with Crippen LogP contribution in [0.15, 0.2) is 22.7 Å². The first-order valence-corrected chi connectivity index (χ1v) is 3.35. The minimum absolute atomic E-state index is 0.125. The minimum atomic E-state index is -0.345. The molecule has 0 fully saturated rings. The van der Waals surface area contributed by atoms with E-state index in [9.17, 15) is 4.39 Å². The Balaban J connectivity index is 2.87. The molecule has 1 aromatic heterocycles. The van der Waals surface area contributed by atoms with E-state index >= 15 is 0 Å². The van der Waals surface area contributed by atoms with Crippen LogP contribution in [0.5, 0.6) is 0 Å². The molecule has 1 heterocycles. The Kier molecular flexibility index (Phi) is 1.32. The largest absolute Gasteiger partial charge is 0.343 e. The molecule has 2 rings (SSSR count). The van der Waals surface area contributed by atoms with Crippen LogP contribution in [0.1, 0.15) is 0 Å². The predicted molar refractivity (Wildman–Crippen MR) is 39.0 cm³/mol. The fourth-order valence-electron chi connectivity index (χ4n) is 0.884. The lowest BCUT2D eigenvalue weighted by Gasteiger charge is -1.85. The molecular weight excluding hydrogens is 169 g/mol. The van der Waals surface area contributed by atoms with Crippen LogP contribution in [0.25, 0.3) is 10.9 Å². The lowest BCUT2D eigenvalue weighted by molar-refractivity contribution is 0.430. The van der Waals surface area contributed by atoms with E-state index in [-0.39, 0.29) is 11.0 Å². The van der Waals surface area contributed by atoms with E-state index in [4.69, 9.17) is 11.6 Å². The second-order valence-corrected chi connectivity index (χ2v) is 2.46. The molecule has 2 aromatic rings. The van der Waals surface area contributed by atoms with Crippen molar-refractivity contribution in [2.75, 3.05) is 0 Å². The molecule has 0 spiro atoms. The standard InChI is InChI=1S/C7H3ClFNO/c8-7-5-3-4(9)1-2-6(5)10-11-7/h1-3H. The van der Waals surface area contributed by atoms with E-state index in [2.05, 4.69) is 9.68 Å². The lowest BCUT2D eigenvalue weighted by atomic mass is 10.2. The number of hydrogen-bond donors (Lipinski definition) is 0. The summed E-state index contributed by atoms with van der Waals surface area (Å²) in [6, 6.07) is 4.11. The number of aromatic nitrogens is 1. The van der Waals surface area contributed by atoms with Crippen molar-refractivity contribution in [2.24, 2.45) is 0 Å². The van der Waals surface area contributed by atoms with Gasteiger partial charge in [0, 0.05) is 0 Å². The lowest BCUT2D eigenvalue weighted by Crippen LogP contribution is -1.71. The second-order valence-electron chi connectivity index (χ2n) is 2.12. The fraction of sp³-hybridized carbons (Fsp3) is 0. The van der Waals surface area contributed by atoms with E-state index in [1.54, 1.807) is 0 Å². The third kappa shape index (κ3) is 0.973. The quantitative estimate of drug-likeness (QED) is 0.609. The van der Waals surface area contributed by atoms with Gasteiger partial charge in [-0.1, -0.05) is 5.16 Å². The van der Waals surface area contributed by atoms with Gasteiger partial charge in [-0.05, 0) is 29.8 Å². The van der Waals surface area contributed by atoms with Gasteiger partial charge in [0.15, 0.2) is 0 Å². The molecular formula is C7H3ClFNO. The van der Waals surface area contributed by atoms with Crippen LogP contribution in [-0.2, 0) is 0 Å². The van der Waals surface area contributed by atoms with Gasteiger partial charge in [0.05, 0.1) is 5.39 Å². The van der Waals surface area contributed by atoms with Gasteiger partial charge in [-0.15, -0.1) is 0 Å². The van der Waals surface area contributed by atoms with Crippen molar-refractivity contribution in [3.63, 3.8) is 0 Å². The molecule has 2 nitrogen and oxygen atoms in total. The summed E-state index contributed by atoms with van der Waals surface area (Å²) in [5, 5.41) is 4.22. The molecule has 1 aromatic carbocycles. The molecule has 0 aliphatic heterocycles. The van der Waals surface area contributed by atoms with E-state index < -0.39 is 0 Å². The average molecular weight is 172 g/mol. The van der Waals surface area contributed by atoms with Crippen LogP contribution in [0.3, 0.4) is 0 Å². The Morgan fingerprint density at radius 3 is 3.09 bits per heavy atom. The molecule has 0 bridgehead atoms. The van der Waals surface area contributed by atoms with Crippen molar-refractivity contribution < 1.29 is 8.91 Å². The molecule has 0 N–H and O–H groups in total. The van der Waals surface area contributed by atoms with Crippen molar-refractivity contribution in [1.82, 2.24) is 5.16 Å². The van der Waals surface area contributed by atoms with E-state index in [1.807, 2.05) is 0 Å². The maximum atomic E-state index is 12.6. The van der Waals surface area contributed by atoms with Crippen molar-refractivity contribution >= 4 is 22.5 Å². The summed E-state index contributed by atoms with van der Waals surface area (Å²) in [7, 11) is 0. The Morgan fingerprint density at radius 2 is 2.27 bits per heavy atom. The van der Waals surface area contributed by atoms with Gasteiger partial charge in [0.25, 0.3) is 0 Å². The highest BCUT2D eigenvalue weighted by Gasteiger charge is 2.05. The molecule has 56 valence electrons. The zero-order valence-corrected chi connectivity index (χ0v) is 6.10. The third-order valence-electron chi connectivity index (χ3n) is 1.39. The highest BCUT2D eigenvalue weighted by molar-refractivity contribution is 6.33. The van der Waals surface area contributed by atoms with Gasteiger partial charge in [-0.3, -0.25) is 0 Å². The number of nitrogens with zero attached hydrogens (tertiary/aromatic N) is 1. The molecule has 0 atom stereocenters. The summed E-state index contributed by atoms with van der Waals surface area (Å²) in [5.41, 5.74) is 0.566. The molecule has 0 aliphatic rings. The summed E-state index contributed by atoms with van der Waals surface area (Å²) in [6.07, 6.45) is 0. The topological polar surface area (TPSA) is 26.0 Å². The number of benzene rings is 1. The first-order valence-electron chi connectivity index (χ1n) is 2.98. The van der Waals surface area contributed by atoms with Crippen LogP contribution in [-0.4, -0.2) is 5.16 Å². The average Bonchev–Trinajstić information content (AvgIpc) is 2.33. The molecule has 4 heteroatoms. The first-order chi connectivity index (χ1) is 5.27. The van der Waals surface area contributed by atoms with Gasteiger partial charge in [-0.2, -0.15) is 0 Å². The van der Waals surface area contributed by atoms with Crippen molar-refractivity contribution in [3.8, 4) is 0 Å². The van der Waals surface area contributed by atoms with Gasteiger partial charge < -0.3 is 4.52 Å². The molecule has 11 heavy (non-hydrogen) atoms. The van der Waals surface area contributed by atoms with Crippen molar-refractivity contribution in [2.45, 2.75) is 0 Å². The summed E-state index contributed by atoms with van der Waals surface area (Å²) in [4.78, 5) is 0. The molecule has 0 unspecified atom stereocenters. The van der Waals surface area contributed by atoms with Crippen LogP contribution in [0, 0.1) is 5.82 Å². The molecule has 0 saturated heterocycles. The maximum Gasteiger partial charge on any atom is 0.234 e.